The van der Waals surface area contributed by atoms with E-state index in [0.717, 1.165) is 0 Å². The Kier molecular flexibility index (Phi) is 5.95. The van der Waals surface area contributed by atoms with Crippen LogP contribution in [-0.2, 0) is 9.53 Å². The molecule has 0 spiro atoms. The Balaban J connectivity index is 4.45. The summed E-state index contributed by atoms with van der Waals surface area (Å²) in [5, 5.41) is 20.6. The summed E-state index contributed by atoms with van der Waals surface area (Å²) in [5.41, 5.74) is -0.706. The molecular weight excluding hydrogens is 226 g/mol. The van der Waals surface area contributed by atoms with Gasteiger partial charge in [0.15, 0.2) is 6.04 Å². The molecule has 100 valence electrons. The van der Waals surface area contributed by atoms with Gasteiger partial charge in [-0.2, -0.15) is 0 Å². The first-order valence-corrected chi connectivity index (χ1v) is 5.57. The van der Waals surface area contributed by atoms with Gasteiger partial charge < -0.3 is 20.3 Å². The number of ether oxygens (including phenoxy) is 1. The van der Waals surface area contributed by atoms with E-state index in [2.05, 4.69) is 5.32 Å². The molecule has 0 saturated carbocycles. The van der Waals surface area contributed by atoms with Gasteiger partial charge in [-0.25, -0.2) is 9.59 Å². The van der Waals surface area contributed by atoms with Gasteiger partial charge in [0, 0.05) is 0 Å². The number of hydrogen-bond donors (Lipinski definition) is 3. The smallest absolute Gasteiger partial charge is 0.408 e. The molecule has 0 rings (SSSR count). The molecule has 0 heterocycles. The molecule has 0 aromatic carbocycles. The van der Waals surface area contributed by atoms with Crippen molar-refractivity contribution in [3.05, 3.63) is 0 Å². The van der Waals surface area contributed by atoms with E-state index >= 15 is 0 Å². The largest absolute Gasteiger partial charge is 0.480 e. The molecule has 0 saturated heterocycles. The van der Waals surface area contributed by atoms with Crippen LogP contribution in [0.25, 0.3) is 0 Å². The van der Waals surface area contributed by atoms with Crippen LogP contribution in [0.15, 0.2) is 0 Å². The monoisotopic (exact) mass is 247 g/mol. The molecule has 0 aromatic rings. The summed E-state index contributed by atoms with van der Waals surface area (Å²) in [6.07, 6.45) is -1.04. The van der Waals surface area contributed by atoms with Crippen LogP contribution >= 0.6 is 0 Å². The summed E-state index contributed by atoms with van der Waals surface area (Å²) in [6, 6.07) is -1.34. The highest BCUT2D eigenvalue weighted by Gasteiger charge is 2.29. The number of carboxylic acid groups (broad SMARTS) is 1. The first kappa shape index (κ1) is 15.7. The molecule has 0 bridgehead atoms. The SMILES string of the molecule is CCC[C@H](O)[C@@H](NC(=O)OC(C)(C)C)C(=O)O. The third kappa shape index (κ3) is 6.78. The van der Waals surface area contributed by atoms with Gasteiger partial charge in [-0.15, -0.1) is 0 Å². The number of carbonyl (C=O) groups excluding carboxylic acids is 1. The third-order valence-corrected chi connectivity index (χ3v) is 1.91. The van der Waals surface area contributed by atoms with Crippen LogP contribution in [0.2, 0.25) is 0 Å². The van der Waals surface area contributed by atoms with Crippen molar-refractivity contribution in [2.75, 3.05) is 0 Å². The molecule has 3 N–H and O–H groups in total. The number of carboxylic acids is 1. The molecule has 0 fully saturated rings. The zero-order valence-corrected chi connectivity index (χ0v) is 10.7. The predicted molar refractivity (Wildman–Crippen MR) is 61.7 cm³/mol. The topological polar surface area (TPSA) is 95.9 Å². The van der Waals surface area contributed by atoms with E-state index in [1.54, 1.807) is 20.8 Å². The second-order valence-electron chi connectivity index (χ2n) is 4.82. The first-order chi connectivity index (χ1) is 7.67. The number of carbonyl (C=O) groups is 2. The van der Waals surface area contributed by atoms with Gasteiger partial charge in [0.05, 0.1) is 6.10 Å². The Morgan fingerprint density at radius 1 is 1.35 bits per heavy atom. The number of nitrogens with one attached hydrogen (secondary N) is 1. The number of amides is 1. The summed E-state index contributed by atoms with van der Waals surface area (Å²) in [5.74, 6) is -1.28. The Bertz CT molecular complexity index is 272. The van der Waals surface area contributed by atoms with Gasteiger partial charge >= 0.3 is 12.1 Å². The summed E-state index contributed by atoms with van der Waals surface area (Å²) in [7, 11) is 0. The fourth-order valence-electron chi connectivity index (χ4n) is 1.22. The van der Waals surface area contributed by atoms with Crippen molar-refractivity contribution in [2.24, 2.45) is 0 Å². The van der Waals surface area contributed by atoms with E-state index in [9.17, 15) is 14.7 Å². The van der Waals surface area contributed by atoms with Crippen LogP contribution in [0.5, 0.6) is 0 Å². The molecule has 2 atom stereocenters. The second kappa shape index (κ2) is 6.44. The second-order valence-corrected chi connectivity index (χ2v) is 4.82. The van der Waals surface area contributed by atoms with Crippen molar-refractivity contribution in [3.8, 4) is 0 Å². The van der Waals surface area contributed by atoms with Gasteiger partial charge in [0.1, 0.15) is 5.60 Å². The molecule has 17 heavy (non-hydrogen) atoms. The summed E-state index contributed by atoms with van der Waals surface area (Å²) >= 11 is 0. The number of aliphatic hydroxyl groups excluding tert-OH is 1. The molecule has 0 unspecified atom stereocenters. The van der Waals surface area contributed by atoms with E-state index in [1.165, 1.54) is 0 Å². The van der Waals surface area contributed by atoms with Crippen LogP contribution in [0.4, 0.5) is 4.79 Å². The van der Waals surface area contributed by atoms with Crippen LogP contribution < -0.4 is 5.32 Å². The molecule has 1 amide bonds. The normalized spacial score (nSPS) is 14.9. The highest BCUT2D eigenvalue weighted by molar-refractivity contribution is 5.80. The van der Waals surface area contributed by atoms with E-state index < -0.39 is 29.8 Å². The van der Waals surface area contributed by atoms with Crippen LogP contribution in [0.3, 0.4) is 0 Å². The van der Waals surface area contributed by atoms with Crippen LogP contribution in [0.1, 0.15) is 40.5 Å². The quantitative estimate of drug-likeness (QED) is 0.676. The lowest BCUT2D eigenvalue weighted by molar-refractivity contribution is -0.142. The van der Waals surface area contributed by atoms with Crippen molar-refractivity contribution in [1.82, 2.24) is 5.32 Å². The molecule has 0 aromatic heterocycles. The van der Waals surface area contributed by atoms with Gasteiger partial charge in [-0.3, -0.25) is 0 Å². The molecule has 0 aliphatic rings. The number of aliphatic carboxylic acids is 1. The average Bonchev–Trinajstić information content (AvgIpc) is 2.11. The molecule has 0 aliphatic heterocycles. The number of alkyl carbamates (subject to hydrolysis) is 1. The Morgan fingerprint density at radius 2 is 1.88 bits per heavy atom. The highest BCUT2D eigenvalue weighted by Crippen LogP contribution is 2.08. The van der Waals surface area contributed by atoms with Crippen LogP contribution in [0, 0.1) is 0 Å². The lowest BCUT2D eigenvalue weighted by Crippen LogP contribution is -2.50. The number of aliphatic hydroxyl groups is 1. The van der Waals surface area contributed by atoms with E-state index in [1.807, 2.05) is 6.92 Å². The standard InChI is InChI=1S/C11H21NO5/c1-5-6-7(13)8(9(14)15)12-10(16)17-11(2,3)4/h7-8,13H,5-6H2,1-4H3,(H,12,16)(H,14,15)/t7-,8+/m0/s1. The zero-order chi connectivity index (χ0) is 13.6. The van der Waals surface area contributed by atoms with Crippen molar-refractivity contribution in [2.45, 2.75) is 58.3 Å². The zero-order valence-electron chi connectivity index (χ0n) is 10.7. The molecule has 0 aliphatic carbocycles. The van der Waals surface area contributed by atoms with E-state index in [0.29, 0.717) is 12.8 Å². The predicted octanol–water partition coefficient (Wildman–Crippen LogP) is 1.13. The van der Waals surface area contributed by atoms with Crippen LogP contribution in [-0.4, -0.2) is 40.0 Å². The van der Waals surface area contributed by atoms with Crippen molar-refractivity contribution in [3.63, 3.8) is 0 Å². The fraction of sp³-hybridized carbons (Fsp3) is 0.818. The average molecular weight is 247 g/mol. The maximum Gasteiger partial charge on any atom is 0.408 e. The Hall–Kier alpha value is -1.30. The molecular formula is C11H21NO5. The maximum absolute atomic E-state index is 11.4. The van der Waals surface area contributed by atoms with Gasteiger partial charge in [-0.05, 0) is 27.2 Å². The first-order valence-electron chi connectivity index (χ1n) is 5.57. The number of hydrogen-bond acceptors (Lipinski definition) is 4. The van der Waals surface area contributed by atoms with E-state index in [-0.39, 0.29) is 0 Å². The van der Waals surface area contributed by atoms with Gasteiger partial charge in [-0.1, -0.05) is 13.3 Å². The maximum atomic E-state index is 11.4. The molecule has 6 nitrogen and oxygen atoms in total. The summed E-state index contributed by atoms with van der Waals surface area (Å²) in [4.78, 5) is 22.3. The van der Waals surface area contributed by atoms with Crippen molar-refractivity contribution < 1.29 is 24.5 Å². The van der Waals surface area contributed by atoms with Gasteiger partial charge in [0.2, 0.25) is 0 Å². The van der Waals surface area contributed by atoms with Crippen molar-refractivity contribution in [1.29, 1.82) is 0 Å². The summed E-state index contributed by atoms with van der Waals surface area (Å²) < 4.78 is 4.92. The summed E-state index contributed by atoms with van der Waals surface area (Å²) in [6.45, 7) is 6.83. The van der Waals surface area contributed by atoms with E-state index in [4.69, 9.17) is 9.84 Å². The van der Waals surface area contributed by atoms with Crippen molar-refractivity contribution >= 4 is 12.1 Å². The highest BCUT2D eigenvalue weighted by atomic mass is 16.6. The minimum absolute atomic E-state index is 0.298. The minimum atomic E-state index is -1.34. The third-order valence-electron chi connectivity index (χ3n) is 1.91. The minimum Gasteiger partial charge on any atom is -0.480 e. The Morgan fingerprint density at radius 3 is 2.24 bits per heavy atom. The number of rotatable bonds is 5. The Labute approximate surface area is 101 Å². The fourth-order valence-corrected chi connectivity index (χ4v) is 1.22. The lowest BCUT2D eigenvalue weighted by Gasteiger charge is -2.24. The molecule has 6 heteroatoms. The molecule has 0 radical (unpaired) electrons. The van der Waals surface area contributed by atoms with Gasteiger partial charge in [0.25, 0.3) is 0 Å². The lowest BCUT2D eigenvalue weighted by atomic mass is 10.1.